The Morgan fingerprint density at radius 1 is 1.53 bits per heavy atom. The number of halogens is 3. The van der Waals surface area contributed by atoms with E-state index in [0.717, 1.165) is 6.07 Å². The van der Waals surface area contributed by atoms with E-state index >= 15 is 0 Å². The molecule has 0 fully saturated rings. The van der Waals surface area contributed by atoms with Crippen LogP contribution < -0.4 is 11.1 Å². The van der Waals surface area contributed by atoms with Crippen LogP contribution in [-0.2, 0) is 0 Å². The number of nitrogens with two attached hydrogens (primary N) is 1. The molecule has 0 radical (unpaired) electrons. The summed E-state index contributed by atoms with van der Waals surface area (Å²) in [6.07, 6.45) is 0. The van der Waals surface area contributed by atoms with Crippen molar-refractivity contribution < 1.29 is 9.18 Å². The molecule has 17 heavy (non-hydrogen) atoms. The smallest absolute Gasteiger partial charge is 0.251 e. The van der Waals surface area contributed by atoms with Gasteiger partial charge in [0, 0.05) is 17.6 Å². The van der Waals surface area contributed by atoms with Gasteiger partial charge in [-0.15, -0.1) is 12.4 Å². The third-order valence-corrected chi connectivity index (χ3v) is 2.43. The molecule has 0 aliphatic rings. The summed E-state index contributed by atoms with van der Waals surface area (Å²) in [7, 11) is 0. The van der Waals surface area contributed by atoms with Crippen LogP contribution in [0.5, 0.6) is 0 Å². The number of hydrogen-bond acceptors (Lipinski definition) is 2. The number of benzene rings is 1. The van der Waals surface area contributed by atoms with Crippen LogP contribution in [0.2, 0.25) is 5.02 Å². The molecule has 0 unspecified atom stereocenters. The molecule has 3 nitrogen and oxygen atoms in total. The summed E-state index contributed by atoms with van der Waals surface area (Å²) in [6.45, 7) is 3.92. The molecule has 0 bridgehead atoms. The first-order chi connectivity index (χ1) is 7.35. The van der Waals surface area contributed by atoms with Crippen LogP contribution >= 0.6 is 24.0 Å². The van der Waals surface area contributed by atoms with Gasteiger partial charge in [-0.05, 0) is 32.0 Å². The standard InChI is InChI=1S/C11H14ClFN2O.ClH/c1-11(2,6-14)15-10(16)7-3-4-9(13)8(12)5-7;/h3-5H,6,14H2,1-2H3,(H,15,16);1H. The van der Waals surface area contributed by atoms with E-state index in [1.807, 2.05) is 0 Å². The lowest BCUT2D eigenvalue weighted by molar-refractivity contribution is 0.0915. The Morgan fingerprint density at radius 2 is 2.12 bits per heavy atom. The molecule has 96 valence electrons. The minimum Gasteiger partial charge on any atom is -0.346 e. The van der Waals surface area contributed by atoms with Crippen molar-refractivity contribution in [1.29, 1.82) is 0 Å². The second-order valence-electron chi connectivity index (χ2n) is 4.17. The molecule has 0 saturated carbocycles. The van der Waals surface area contributed by atoms with Gasteiger partial charge < -0.3 is 11.1 Å². The lowest BCUT2D eigenvalue weighted by Crippen LogP contribution is -2.48. The fourth-order valence-corrected chi connectivity index (χ4v) is 1.25. The van der Waals surface area contributed by atoms with E-state index in [9.17, 15) is 9.18 Å². The highest BCUT2D eigenvalue weighted by Crippen LogP contribution is 2.16. The van der Waals surface area contributed by atoms with Crippen LogP contribution in [0.15, 0.2) is 18.2 Å². The Kier molecular flexibility index (Phi) is 5.88. The largest absolute Gasteiger partial charge is 0.346 e. The zero-order valence-corrected chi connectivity index (χ0v) is 11.2. The molecule has 1 aromatic carbocycles. The van der Waals surface area contributed by atoms with Crippen molar-refractivity contribution in [2.24, 2.45) is 5.73 Å². The van der Waals surface area contributed by atoms with Gasteiger partial charge in [0.1, 0.15) is 5.82 Å². The second kappa shape index (κ2) is 6.19. The molecule has 0 atom stereocenters. The summed E-state index contributed by atoms with van der Waals surface area (Å²) in [5.41, 5.74) is 5.30. The summed E-state index contributed by atoms with van der Waals surface area (Å²) in [5, 5.41) is 2.65. The number of rotatable bonds is 3. The van der Waals surface area contributed by atoms with Crippen molar-refractivity contribution in [3.8, 4) is 0 Å². The molecule has 6 heteroatoms. The van der Waals surface area contributed by atoms with Gasteiger partial charge in [0.15, 0.2) is 0 Å². The van der Waals surface area contributed by atoms with E-state index in [4.69, 9.17) is 17.3 Å². The molecule has 1 rings (SSSR count). The highest BCUT2D eigenvalue weighted by atomic mass is 35.5. The van der Waals surface area contributed by atoms with Crippen LogP contribution in [0.3, 0.4) is 0 Å². The summed E-state index contributed by atoms with van der Waals surface area (Å²) in [6, 6.07) is 3.83. The van der Waals surface area contributed by atoms with Crippen LogP contribution in [-0.4, -0.2) is 18.0 Å². The van der Waals surface area contributed by atoms with Gasteiger partial charge in [0.25, 0.3) is 5.91 Å². The maximum Gasteiger partial charge on any atom is 0.251 e. The van der Waals surface area contributed by atoms with Gasteiger partial charge in [-0.2, -0.15) is 0 Å². The lowest BCUT2D eigenvalue weighted by atomic mass is 10.1. The van der Waals surface area contributed by atoms with E-state index in [-0.39, 0.29) is 23.3 Å². The Balaban J connectivity index is 0.00000256. The van der Waals surface area contributed by atoms with Gasteiger partial charge in [-0.3, -0.25) is 4.79 Å². The normalized spacial score (nSPS) is 10.6. The topological polar surface area (TPSA) is 55.1 Å². The number of amides is 1. The summed E-state index contributed by atoms with van der Waals surface area (Å²) >= 11 is 5.58. The second-order valence-corrected chi connectivity index (χ2v) is 4.58. The number of hydrogen-bond donors (Lipinski definition) is 2. The molecule has 0 spiro atoms. The van der Waals surface area contributed by atoms with Gasteiger partial charge >= 0.3 is 0 Å². The summed E-state index contributed by atoms with van der Waals surface area (Å²) in [4.78, 5) is 11.7. The van der Waals surface area contributed by atoms with Crippen molar-refractivity contribution in [2.45, 2.75) is 19.4 Å². The first-order valence-corrected chi connectivity index (χ1v) is 5.21. The Labute approximate surface area is 111 Å². The Hall–Kier alpha value is -0.840. The van der Waals surface area contributed by atoms with E-state index in [1.54, 1.807) is 13.8 Å². The predicted molar refractivity (Wildman–Crippen MR) is 69.3 cm³/mol. The van der Waals surface area contributed by atoms with E-state index in [0.29, 0.717) is 12.1 Å². The molecule has 1 aromatic rings. The van der Waals surface area contributed by atoms with Crippen molar-refractivity contribution in [3.05, 3.63) is 34.6 Å². The van der Waals surface area contributed by atoms with Gasteiger partial charge in [0.05, 0.1) is 5.02 Å². The molecule has 0 aromatic heterocycles. The molecule has 0 heterocycles. The van der Waals surface area contributed by atoms with Crippen molar-refractivity contribution >= 4 is 29.9 Å². The molecular formula is C11H15Cl2FN2O. The average Bonchev–Trinajstić information content (AvgIpc) is 2.21. The average molecular weight is 281 g/mol. The summed E-state index contributed by atoms with van der Waals surface area (Å²) < 4.78 is 12.9. The number of carbonyl (C=O) groups is 1. The Bertz CT molecular complexity index is 410. The third-order valence-electron chi connectivity index (χ3n) is 2.14. The van der Waals surface area contributed by atoms with E-state index in [1.165, 1.54) is 12.1 Å². The van der Waals surface area contributed by atoms with Crippen molar-refractivity contribution in [3.63, 3.8) is 0 Å². The molecule has 0 saturated heterocycles. The number of carbonyl (C=O) groups excluding carboxylic acids is 1. The third kappa shape index (κ3) is 4.50. The fraction of sp³-hybridized carbons (Fsp3) is 0.364. The van der Waals surface area contributed by atoms with Crippen LogP contribution in [0.25, 0.3) is 0 Å². The fourth-order valence-electron chi connectivity index (χ4n) is 1.07. The summed E-state index contributed by atoms with van der Waals surface area (Å²) in [5.74, 6) is -0.867. The van der Waals surface area contributed by atoms with Gasteiger partial charge in [-0.1, -0.05) is 11.6 Å². The molecule has 0 aliphatic heterocycles. The minimum absolute atomic E-state index is 0. The van der Waals surface area contributed by atoms with E-state index in [2.05, 4.69) is 5.32 Å². The highest BCUT2D eigenvalue weighted by Gasteiger charge is 2.19. The first-order valence-electron chi connectivity index (χ1n) is 4.83. The van der Waals surface area contributed by atoms with Crippen molar-refractivity contribution in [2.75, 3.05) is 6.54 Å². The lowest BCUT2D eigenvalue weighted by Gasteiger charge is -2.24. The molecule has 0 aliphatic carbocycles. The van der Waals surface area contributed by atoms with Crippen LogP contribution in [0, 0.1) is 5.82 Å². The van der Waals surface area contributed by atoms with Crippen LogP contribution in [0.1, 0.15) is 24.2 Å². The maximum absolute atomic E-state index is 12.9. The van der Waals surface area contributed by atoms with Gasteiger partial charge in [-0.25, -0.2) is 4.39 Å². The SMILES string of the molecule is CC(C)(CN)NC(=O)c1ccc(F)c(Cl)c1.Cl. The predicted octanol–water partition coefficient (Wildman–Crippen LogP) is 2.37. The van der Waals surface area contributed by atoms with Gasteiger partial charge in [0.2, 0.25) is 0 Å². The number of nitrogens with one attached hydrogen (secondary N) is 1. The van der Waals surface area contributed by atoms with E-state index < -0.39 is 11.4 Å². The minimum atomic E-state index is -0.545. The maximum atomic E-state index is 12.9. The molecule has 1 amide bonds. The zero-order valence-electron chi connectivity index (χ0n) is 9.59. The Morgan fingerprint density at radius 3 is 2.59 bits per heavy atom. The molecule has 3 N–H and O–H groups in total. The molecular weight excluding hydrogens is 266 g/mol. The highest BCUT2D eigenvalue weighted by molar-refractivity contribution is 6.31. The first kappa shape index (κ1) is 16.2. The monoisotopic (exact) mass is 280 g/mol. The zero-order chi connectivity index (χ0) is 12.3. The van der Waals surface area contributed by atoms with Crippen LogP contribution in [0.4, 0.5) is 4.39 Å². The van der Waals surface area contributed by atoms with Crippen molar-refractivity contribution in [1.82, 2.24) is 5.32 Å². The quantitative estimate of drug-likeness (QED) is 0.893.